The summed E-state index contributed by atoms with van der Waals surface area (Å²) in [6.45, 7) is 5.93. The Kier molecular flexibility index (Phi) is 10.7. The van der Waals surface area contributed by atoms with Crippen molar-refractivity contribution in [2.75, 3.05) is 44.5 Å². The Bertz CT molecular complexity index is 263. The number of halogens is 1. The Balaban J connectivity index is 5.56. The van der Waals surface area contributed by atoms with Crippen LogP contribution in [0.1, 0.15) is 59.3 Å². The van der Waals surface area contributed by atoms with Crippen LogP contribution in [0, 0.1) is 5.41 Å². The number of hydrogen-bond donors (Lipinski definition) is 3. The molecular formula is C17H38ClO3P. The van der Waals surface area contributed by atoms with Crippen molar-refractivity contribution in [1.82, 2.24) is 0 Å². The second kappa shape index (κ2) is 10.5. The normalized spacial score (nSPS) is 14.8. The van der Waals surface area contributed by atoms with Crippen molar-refractivity contribution in [3.05, 3.63) is 0 Å². The molecule has 136 valence electrons. The van der Waals surface area contributed by atoms with Gasteiger partial charge in [-0.3, -0.25) is 0 Å². The van der Waals surface area contributed by atoms with Crippen molar-refractivity contribution in [2.24, 2.45) is 5.41 Å². The van der Waals surface area contributed by atoms with Crippen LogP contribution in [-0.4, -0.2) is 59.8 Å². The zero-order valence-corrected chi connectivity index (χ0v) is 16.5. The van der Waals surface area contributed by atoms with Gasteiger partial charge in [-0.1, -0.05) is 0 Å². The van der Waals surface area contributed by atoms with Gasteiger partial charge in [0, 0.05) is 0 Å². The van der Waals surface area contributed by atoms with E-state index in [4.69, 9.17) is 11.2 Å². The van der Waals surface area contributed by atoms with E-state index in [1.54, 1.807) is 0 Å². The van der Waals surface area contributed by atoms with E-state index in [9.17, 15) is 15.3 Å². The van der Waals surface area contributed by atoms with E-state index in [1.165, 1.54) is 0 Å². The monoisotopic (exact) mass is 356 g/mol. The van der Waals surface area contributed by atoms with E-state index in [0.717, 1.165) is 57.0 Å². The van der Waals surface area contributed by atoms with Gasteiger partial charge in [-0.05, 0) is 0 Å². The van der Waals surface area contributed by atoms with E-state index in [-0.39, 0.29) is 19.8 Å². The molecule has 0 rings (SSSR count). The van der Waals surface area contributed by atoms with Crippen LogP contribution in [0.15, 0.2) is 0 Å². The second-order valence-electron chi connectivity index (χ2n) is 7.18. The summed E-state index contributed by atoms with van der Waals surface area (Å²) in [7, 11) is 0. The Morgan fingerprint density at radius 1 is 0.727 bits per heavy atom. The molecule has 0 spiro atoms. The van der Waals surface area contributed by atoms with Crippen molar-refractivity contribution >= 4 is 17.2 Å². The van der Waals surface area contributed by atoms with E-state index >= 15 is 0 Å². The van der Waals surface area contributed by atoms with Crippen LogP contribution >= 0.6 is 17.2 Å². The number of aliphatic hydroxyl groups excluding tert-OH is 3. The molecule has 22 heavy (non-hydrogen) atoms. The van der Waals surface area contributed by atoms with Gasteiger partial charge < -0.3 is 0 Å². The van der Waals surface area contributed by atoms with Crippen molar-refractivity contribution in [2.45, 2.75) is 59.3 Å². The van der Waals surface area contributed by atoms with Crippen molar-refractivity contribution in [3.8, 4) is 0 Å². The summed E-state index contributed by atoms with van der Waals surface area (Å²) >= 11 is 7.45. The summed E-state index contributed by atoms with van der Waals surface area (Å²) in [4.78, 5) is 0. The third-order valence-corrected chi connectivity index (χ3v) is 12.6. The summed E-state index contributed by atoms with van der Waals surface area (Å²) in [6.07, 6.45) is 10.2. The quantitative estimate of drug-likeness (QED) is 0.411. The van der Waals surface area contributed by atoms with Gasteiger partial charge >= 0.3 is 142 Å². The number of rotatable bonds is 14. The second-order valence-corrected chi connectivity index (χ2v) is 15.3. The van der Waals surface area contributed by atoms with Crippen molar-refractivity contribution in [3.63, 3.8) is 0 Å². The van der Waals surface area contributed by atoms with Crippen LogP contribution in [0.25, 0.3) is 0 Å². The number of unbranched alkanes of at least 4 members (excludes halogenated alkanes) is 3. The van der Waals surface area contributed by atoms with Gasteiger partial charge in [0.1, 0.15) is 0 Å². The molecule has 0 aliphatic heterocycles. The van der Waals surface area contributed by atoms with Crippen LogP contribution in [0.2, 0.25) is 0 Å². The Morgan fingerprint density at radius 2 is 1.05 bits per heavy atom. The van der Waals surface area contributed by atoms with Crippen LogP contribution in [0.3, 0.4) is 0 Å². The molecular weight excluding hydrogens is 319 g/mol. The molecule has 0 heterocycles. The Morgan fingerprint density at radius 3 is 1.27 bits per heavy atom. The van der Waals surface area contributed by atoms with Crippen LogP contribution < -0.4 is 0 Å². The minimum atomic E-state index is -2.56. The van der Waals surface area contributed by atoms with Crippen LogP contribution in [-0.2, 0) is 0 Å². The fourth-order valence-corrected chi connectivity index (χ4v) is 11.6. The van der Waals surface area contributed by atoms with Gasteiger partial charge in [0.05, 0.1) is 0 Å². The molecule has 0 amide bonds. The first-order valence-corrected chi connectivity index (χ1v) is 12.8. The van der Waals surface area contributed by atoms with Gasteiger partial charge in [-0.25, -0.2) is 0 Å². The van der Waals surface area contributed by atoms with E-state index < -0.39 is 11.4 Å². The SMILES string of the molecule is CCCCP(Cl)(CCCC)(CCCC)CC(CO)(CO)CO. The molecule has 0 aromatic rings. The molecule has 0 radical (unpaired) electrons. The first kappa shape index (κ1) is 22.6. The maximum atomic E-state index is 9.77. The minimum absolute atomic E-state index is 0.199. The molecule has 0 aliphatic carbocycles. The molecule has 0 atom stereocenters. The van der Waals surface area contributed by atoms with E-state index in [2.05, 4.69) is 20.8 Å². The molecule has 0 unspecified atom stereocenters. The van der Waals surface area contributed by atoms with Gasteiger partial charge in [-0.2, -0.15) is 0 Å². The maximum absolute atomic E-state index is 9.77. The summed E-state index contributed by atoms with van der Waals surface area (Å²) in [5, 5.41) is 29.3. The van der Waals surface area contributed by atoms with Gasteiger partial charge in [-0.15, -0.1) is 0 Å². The predicted octanol–water partition coefficient (Wildman–Crippen LogP) is 4.06. The van der Waals surface area contributed by atoms with Gasteiger partial charge in [0.25, 0.3) is 0 Å². The standard InChI is InChI=1S/C17H38ClO3P/c1-4-7-10-22(18,11-8-5-2,12-9-6-3)16-17(13-19,14-20)15-21/h19-21H,4-16H2,1-3H3. The summed E-state index contributed by atoms with van der Waals surface area (Å²) in [5.41, 5.74) is -0.838. The molecule has 0 fully saturated rings. The molecule has 3 N–H and O–H groups in total. The van der Waals surface area contributed by atoms with Crippen molar-refractivity contribution < 1.29 is 15.3 Å². The summed E-state index contributed by atoms with van der Waals surface area (Å²) in [6, 6.07) is 0. The average molecular weight is 357 g/mol. The zero-order chi connectivity index (χ0) is 17.1. The molecule has 5 heteroatoms. The predicted molar refractivity (Wildman–Crippen MR) is 101 cm³/mol. The number of hydrogen-bond acceptors (Lipinski definition) is 3. The molecule has 0 aromatic carbocycles. The molecule has 0 aromatic heterocycles. The topological polar surface area (TPSA) is 60.7 Å². The Labute approximate surface area is 142 Å². The summed E-state index contributed by atoms with van der Waals surface area (Å²) in [5.74, 6) is -2.56. The van der Waals surface area contributed by atoms with E-state index in [0.29, 0.717) is 6.16 Å². The molecule has 3 nitrogen and oxygen atoms in total. The molecule has 0 aliphatic rings. The number of aliphatic hydroxyl groups is 3. The van der Waals surface area contributed by atoms with Crippen LogP contribution in [0.4, 0.5) is 0 Å². The van der Waals surface area contributed by atoms with Gasteiger partial charge in [0.15, 0.2) is 0 Å². The van der Waals surface area contributed by atoms with Gasteiger partial charge in [0.2, 0.25) is 0 Å². The first-order chi connectivity index (χ1) is 10.4. The third-order valence-electron chi connectivity index (χ3n) is 4.95. The fourth-order valence-electron chi connectivity index (χ4n) is 3.37. The Hall–Kier alpha value is 0.600. The molecule has 0 saturated carbocycles. The fraction of sp³-hybridized carbons (Fsp3) is 1.00. The third kappa shape index (κ3) is 6.61. The summed E-state index contributed by atoms with van der Waals surface area (Å²) < 4.78 is 0. The van der Waals surface area contributed by atoms with Crippen molar-refractivity contribution in [1.29, 1.82) is 0 Å². The van der Waals surface area contributed by atoms with E-state index in [1.807, 2.05) is 0 Å². The molecule has 0 saturated heterocycles. The van der Waals surface area contributed by atoms with Crippen LogP contribution in [0.5, 0.6) is 0 Å². The zero-order valence-electron chi connectivity index (χ0n) is 14.9. The average Bonchev–Trinajstić information content (AvgIpc) is 2.55. The first-order valence-electron chi connectivity index (χ1n) is 8.92. The molecule has 0 bridgehead atoms.